The van der Waals surface area contributed by atoms with Gasteiger partial charge in [-0.25, -0.2) is 0 Å². The molecule has 3 N–H and O–H groups in total. The summed E-state index contributed by atoms with van der Waals surface area (Å²) in [5.74, 6) is 0.0414. The fraction of sp³-hybridized carbons (Fsp3) is 0.455. The topological polar surface area (TPSA) is 80.7 Å². The van der Waals surface area contributed by atoms with Crippen molar-refractivity contribution in [1.29, 1.82) is 0 Å². The molecular formula is C11H15N3O2S. The Bertz CT molecular complexity index is 425. The summed E-state index contributed by atoms with van der Waals surface area (Å²) < 4.78 is 5.51. The van der Waals surface area contributed by atoms with E-state index in [0.717, 1.165) is 17.9 Å². The summed E-state index contributed by atoms with van der Waals surface area (Å²) in [5.41, 5.74) is 6.12. The predicted molar refractivity (Wildman–Crippen MR) is 66.4 cm³/mol. The Balaban J connectivity index is 2.20. The Morgan fingerprint density at radius 3 is 3.18 bits per heavy atom. The standard InChI is InChI=1S/C11H15N3O2S/c1-7-8(4-6-16-7)17-9-3-2-5-13-10(9)11(12)14-15/h2-3,5,7-8,15H,4,6H2,1H3,(H2,12,14). The van der Waals surface area contributed by atoms with Crippen LogP contribution in [0.15, 0.2) is 28.4 Å². The molecule has 2 unspecified atom stereocenters. The van der Waals surface area contributed by atoms with Crippen LogP contribution in [0.4, 0.5) is 0 Å². The van der Waals surface area contributed by atoms with Crippen LogP contribution < -0.4 is 5.73 Å². The molecule has 1 saturated heterocycles. The van der Waals surface area contributed by atoms with Crippen LogP contribution in [-0.4, -0.2) is 34.0 Å². The quantitative estimate of drug-likeness (QED) is 0.369. The van der Waals surface area contributed by atoms with E-state index in [1.54, 1.807) is 18.0 Å². The highest BCUT2D eigenvalue weighted by atomic mass is 32.2. The monoisotopic (exact) mass is 253 g/mol. The zero-order valence-electron chi connectivity index (χ0n) is 9.54. The van der Waals surface area contributed by atoms with Crippen LogP contribution in [-0.2, 0) is 4.74 Å². The largest absolute Gasteiger partial charge is 0.409 e. The molecule has 0 radical (unpaired) electrons. The first kappa shape index (κ1) is 12.2. The smallest absolute Gasteiger partial charge is 0.189 e. The van der Waals surface area contributed by atoms with Gasteiger partial charge in [-0.2, -0.15) is 0 Å². The van der Waals surface area contributed by atoms with Gasteiger partial charge in [-0.15, -0.1) is 11.8 Å². The van der Waals surface area contributed by atoms with Crippen LogP contribution >= 0.6 is 11.8 Å². The zero-order valence-corrected chi connectivity index (χ0v) is 10.4. The lowest BCUT2D eigenvalue weighted by Crippen LogP contribution is -2.18. The van der Waals surface area contributed by atoms with Gasteiger partial charge in [-0.3, -0.25) is 4.98 Å². The number of oxime groups is 1. The first-order chi connectivity index (χ1) is 8.22. The number of rotatable bonds is 3. The van der Waals surface area contributed by atoms with Gasteiger partial charge in [-0.05, 0) is 25.5 Å². The number of thioether (sulfide) groups is 1. The van der Waals surface area contributed by atoms with Crippen LogP contribution in [0.2, 0.25) is 0 Å². The normalized spacial score (nSPS) is 25.1. The third-order valence-corrected chi connectivity index (χ3v) is 4.21. The van der Waals surface area contributed by atoms with Crippen molar-refractivity contribution in [3.05, 3.63) is 24.0 Å². The maximum absolute atomic E-state index is 8.71. The van der Waals surface area contributed by atoms with Crippen LogP contribution in [0, 0.1) is 0 Å². The van der Waals surface area contributed by atoms with Crippen LogP contribution in [0.25, 0.3) is 0 Å². The Morgan fingerprint density at radius 1 is 1.71 bits per heavy atom. The number of hydrogen-bond donors (Lipinski definition) is 2. The summed E-state index contributed by atoms with van der Waals surface area (Å²) in [5, 5.41) is 12.1. The van der Waals surface area contributed by atoms with Gasteiger partial charge in [0.05, 0.1) is 6.10 Å². The lowest BCUT2D eigenvalue weighted by Gasteiger charge is -2.14. The van der Waals surface area contributed by atoms with Gasteiger partial charge in [0.25, 0.3) is 0 Å². The number of aromatic nitrogens is 1. The minimum absolute atomic E-state index is 0.0414. The maximum atomic E-state index is 8.71. The number of nitrogens with two attached hydrogens (primary N) is 1. The van der Waals surface area contributed by atoms with E-state index in [0.29, 0.717) is 10.9 Å². The van der Waals surface area contributed by atoms with E-state index in [1.807, 2.05) is 12.1 Å². The van der Waals surface area contributed by atoms with Crippen LogP contribution in [0.5, 0.6) is 0 Å². The van der Waals surface area contributed by atoms with Crippen molar-refractivity contribution in [2.45, 2.75) is 29.6 Å². The molecule has 2 heterocycles. The van der Waals surface area contributed by atoms with Crippen LogP contribution in [0.1, 0.15) is 19.0 Å². The summed E-state index contributed by atoms with van der Waals surface area (Å²) in [7, 11) is 0. The van der Waals surface area contributed by atoms with Gasteiger partial charge in [0.2, 0.25) is 0 Å². The van der Waals surface area contributed by atoms with Crippen LogP contribution in [0.3, 0.4) is 0 Å². The van der Waals surface area contributed by atoms with Crippen molar-refractivity contribution in [2.24, 2.45) is 10.9 Å². The second-order valence-electron chi connectivity index (χ2n) is 3.86. The molecular weight excluding hydrogens is 238 g/mol. The van der Waals surface area contributed by atoms with Crippen molar-refractivity contribution in [2.75, 3.05) is 6.61 Å². The van der Waals surface area contributed by atoms with E-state index in [4.69, 9.17) is 15.7 Å². The third kappa shape index (κ3) is 2.70. The molecule has 0 aliphatic carbocycles. The van der Waals surface area contributed by atoms with E-state index < -0.39 is 0 Å². The van der Waals surface area contributed by atoms with E-state index in [1.165, 1.54) is 0 Å². The molecule has 5 nitrogen and oxygen atoms in total. The van der Waals surface area contributed by atoms with Gasteiger partial charge >= 0.3 is 0 Å². The molecule has 6 heteroatoms. The summed E-state index contributed by atoms with van der Waals surface area (Å²) in [6, 6.07) is 3.77. The third-order valence-electron chi connectivity index (χ3n) is 2.71. The number of hydrogen-bond acceptors (Lipinski definition) is 5. The minimum Gasteiger partial charge on any atom is -0.409 e. The van der Waals surface area contributed by atoms with Gasteiger partial charge < -0.3 is 15.7 Å². The van der Waals surface area contributed by atoms with Crippen molar-refractivity contribution in [1.82, 2.24) is 4.98 Å². The zero-order chi connectivity index (χ0) is 12.3. The predicted octanol–water partition coefficient (Wildman–Crippen LogP) is 1.45. The first-order valence-electron chi connectivity index (χ1n) is 5.43. The van der Waals surface area contributed by atoms with E-state index in [-0.39, 0.29) is 11.9 Å². The molecule has 0 bridgehead atoms. The van der Waals surface area contributed by atoms with Crippen molar-refractivity contribution >= 4 is 17.6 Å². The van der Waals surface area contributed by atoms with E-state index in [9.17, 15) is 0 Å². The highest BCUT2D eigenvalue weighted by molar-refractivity contribution is 8.00. The van der Waals surface area contributed by atoms with E-state index >= 15 is 0 Å². The lowest BCUT2D eigenvalue weighted by atomic mass is 10.3. The van der Waals surface area contributed by atoms with Crippen molar-refractivity contribution in [3.8, 4) is 0 Å². The second kappa shape index (κ2) is 5.37. The second-order valence-corrected chi connectivity index (χ2v) is 5.14. The molecule has 92 valence electrons. The SMILES string of the molecule is CC1OCCC1Sc1cccnc1/C(N)=N/O. The molecule has 1 aliphatic rings. The summed E-state index contributed by atoms with van der Waals surface area (Å²) in [6.45, 7) is 2.85. The number of pyridine rings is 1. The molecule has 2 rings (SSSR count). The number of nitrogens with zero attached hydrogens (tertiary/aromatic N) is 2. The summed E-state index contributed by atoms with van der Waals surface area (Å²) in [4.78, 5) is 5.06. The Morgan fingerprint density at radius 2 is 2.53 bits per heavy atom. The van der Waals surface area contributed by atoms with Gasteiger partial charge in [0, 0.05) is 22.9 Å². The van der Waals surface area contributed by atoms with E-state index in [2.05, 4.69) is 17.1 Å². The number of amidine groups is 1. The molecule has 0 aromatic carbocycles. The molecule has 0 spiro atoms. The average molecular weight is 253 g/mol. The summed E-state index contributed by atoms with van der Waals surface area (Å²) in [6.07, 6.45) is 2.86. The average Bonchev–Trinajstić information content (AvgIpc) is 2.75. The van der Waals surface area contributed by atoms with Crippen molar-refractivity contribution < 1.29 is 9.94 Å². The molecule has 0 saturated carbocycles. The Hall–Kier alpha value is -1.27. The molecule has 0 amide bonds. The Kier molecular flexibility index (Phi) is 3.86. The molecule has 17 heavy (non-hydrogen) atoms. The first-order valence-corrected chi connectivity index (χ1v) is 6.31. The van der Waals surface area contributed by atoms with Gasteiger partial charge in [-0.1, -0.05) is 5.16 Å². The lowest BCUT2D eigenvalue weighted by molar-refractivity contribution is 0.127. The Labute approximate surface area is 104 Å². The van der Waals surface area contributed by atoms with Gasteiger partial charge in [0.15, 0.2) is 5.84 Å². The summed E-state index contributed by atoms with van der Waals surface area (Å²) >= 11 is 1.67. The molecule has 1 aliphatic heterocycles. The number of ether oxygens (including phenoxy) is 1. The van der Waals surface area contributed by atoms with Gasteiger partial charge in [0.1, 0.15) is 5.69 Å². The molecule has 1 fully saturated rings. The molecule has 1 aromatic rings. The highest BCUT2D eigenvalue weighted by Crippen LogP contribution is 2.33. The molecule has 1 aromatic heterocycles. The van der Waals surface area contributed by atoms with Crippen molar-refractivity contribution in [3.63, 3.8) is 0 Å². The maximum Gasteiger partial charge on any atom is 0.189 e. The fourth-order valence-electron chi connectivity index (χ4n) is 1.76. The molecule has 2 atom stereocenters. The fourth-order valence-corrected chi connectivity index (χ4v) is 2.99. The highest BCUT2D eigenvalue weighted by Gasteiger charge is 2.26. The minimum atomic E-state index is 0.0414.